The number of thioether (sulfide) groups is 1. The highest BCUT2D eigenvalue weighted by Gasteiger charge is 2.15. The molecule has 1 amide bonds. The second-order valence-electron chi connectivity index (χ2n) is 6.37. The molecule has 4 rings (SSSR count). The van der Waals surface area contributed by atoms with E-state index < -0.39 is 10.0 Å². The van der Waals surface area contributed by atoms with E-state index in [4.69, 9.17) is 16.0 Å². The minimum Gasteiger partial charge on any atom is -0.467 e. The third kappa shape index (κ3) is 5.59. The van der Waals surface area contributed by atoms with Gasteiger partial charge in [0.2, 0.25) is 5.91 Å². The summed E-state index contributed by atoms with van der Waals surface area (Å²) in [7, 11) is -3.73. The van der Waals surface area contributed by atoms with Crippen molar-refractivity contribution in [3.8, 4) is 0 Å². The molecule has 0 radical (unpaired) electrons. The predicted molar refractivity (Wildman–Crippen MR) is 123 cm³/mol. The normalized spacial score (nSPS) is 11.5. The van der Waals surface area contributed by atoms with Gasteiger partial charge in [-0.25, -0.2) is 13.4 Å². The van der Waals surface area contributed by atoms with E-state index in [-0.39, 0.29) is 16.6 Å². The number of halogens is 1. The van der Waals surface area contributed by atoms with E-state index in [0.29, 0.717) is 23.0 Å². The molecule has 7 nitrogen and oxygen atoms in total. The number of carbonyl (C=O) groups excluding carboxylic acids is 1. The van der Waals surface area contributed by atoms with Crippen LogP contribution < -0.4 is 10.0 Å². The van der Waals surface area contributed by atoms with Crippen molar-refractivity contribution >= 4 is 66.5 Å². The summed E-state index contributed by atoms with van der Waals surface area (Å²) in [4.78, 5) is 16.6. The number of aromatic nitrogens is 1. The van der Waals surface area contributed by atoms with Crippen LogP contribution in [-0.2, 0) is 21.4 Å². The van der Waals surface area contributed by atoms with Gasteiger partial charge in [-0.2, -0.15) is 0 Å². The fraction of sp³-hybridized carbons (Fsp3) is 0.100. The highest BCUT2D eigenvalue weighted by atomic mass is 35.5. The van der Waals surface area contributed by atoms with Crippen LogP contribution in [0.5, 0.6) is 0 Å². The predicted octanol–water partition coefficient (Wildman–Crippen LogP) is 4.75. The standard InChI is InChI=1S/C20H16ClN3O4S3/c21-13-3-6-16(7-4-13)31(26,27)24-14-5-8-17-18(10-14)30-20(23-17)29-12-19(25)22-11-15-2-1-9-28-15/h1-10,24H,11-12H2,(H,22,25). The Morgan fingerprint density at radius 1 is 1.16 bits per heavy atom. The number of furan rings is 1. The largest absolute Gasteiger partial charge is 0.467 e. The maximum absolute atomic E-state index is 12.6. The van der Waals surface area contributed by atoms with Gasteiger partial charge in [0.25, 0.3) is 10.0 Å². The molecule has 0 saturated carbocycles. The van der Waals surface area contributed by atoms with E-state index >= 15 is 0 Å². The first-order valence-electron chi connectivity index (χ1n) is 9.00. The Hall–Kier alpha value is -2.53. The van der Waals surface area contributed by atoms with Gasteiger partial charge in [-0.15, -0.1) is 11.3 Å². The molecule has 2 heterocycles. The van der Waals surface area contributed by atoms with Gasteiger partial charge in [-0.05, 0) is 54.6 Å². The first-order chi connectivity index (χ1) is 14.9. The number of fused-ring (bicyclic) bond motifs is 1. The Morgan fingerprint density at radius 2 is 1.97 bits per heavy atom. The number of hydrogen-bond donors (Lipinski definition) is 2. The van der Waals surface area contributed by atoms with Crippen molar-refractivity contribution < 1.29 is 17.6 Å². The zero-order valence-corrected chi connectivity index (χ0v) is 19.1. The van der Waals surface area contributed by atoms with E-state index in [0.717, 1.165) is 14.6 Å². The third-order valence-electron chi connectivity index (χ3n) is 4.11. The fourth-order valence-electron chi connectivity index (χ4n) is 2.63. The molecule has 0 aliphatic heterocycles. The molecule has 4 aromatic rings. The number of carbonyl (C=O) groups is 1. The molecule has 2 aromatic carbocycles. The molecular formula is C20H16ClN3O4S3. The van der Waals surface area contributed by atoms with Gasteiger partial charge in [0, 0.05) is 5.02 Å². The molecule has 0 atom stereocenters. The smallest absolute Gasteiger partial charge is 0.261 e. The molecule has 0 aliphatic carbocycles. The second-order valence-corrected chi connectivity index (χ2v) is 10.7. The van der Waals surface area contributed by atoms with E-state index in [9.17, 15) is 13.2 Å². The summed E-state index contributed by atoms with van der Waals surface area (Å²) in [5, 5.41) is 3.24. The van der Waals surface area contributed by atoms with Crippen LogP contribution in [0.2, 0.25) is 5.02 Å². The molecule has 2 aromatic heterocycles. The molecule has 0 spiro atoms. The highest BCUT2D eigenvalue weighted by Crippen LogP contribution is 2.31. The lowest BCUT2D eigenvalue weighted by Crippen LogP contribution is -2.24. The molecule has 0 aliphatic rings. The van der Waals surface area contributed by atoms with E-state index in [1.165, 1.54) is 47.4 Å². The molecular weight excluding hydrogens is 478 g/mol. The van der Waals surface area contributed by atoms with E-state index in [1.54, 1.807) is 36.6 Å². The molecule has 0 saturated heterocycles. The number of anilines is 1. The monoisotopic (exact) mass is 493 g/mol. The van der Waals surface area contributed by atoms with Crippen LogP contribution in [0.15, 0.2) is 74.5 Å². The van der Waals surface area contributed by atoms with Gasteiger partial charge in [-0.3, -0.25) is 9.52 Å². The third-order valence-corrected chi connectivity index (χ3v) is 7.92. The number of sulfonamides is 1. The lowest BCUT2D eigenvalue weighted by Gasteiger charge is -2.08. The summed E-state index contributed by atoms with van der Waals surface area (Å²) in [6.07, 6.45) is 1.56. The number of nitrogens with zero attached hydrogens (tertiary/aromatic N) is 1. The van der Waals surface area contributed by atoms with Crippen LogP contribution in [0.1, 0.15) is 5.76 Å². The zero-order valence-electron chi connectivity index (χ0n) is 15.9. The van der Waals surface area contributed by atoms with Crippen molar-refractivity contribution in [3.05, 3.63) is 71.6 Å². The van der Waals surface area contributed by atoms with Crippen LogP contribution >= 0.6 is 34.7 Å². The SMILES string of the molecule is O=C(CSc1nc2ccc(NS(=O)(=O)c3ccc(Cl)cc3)cc2s1)NCc1ccco1. The van der Waals surface area contributed by atoms with Gasteiger partial charge < -0.3 is 9.73 Å². The Morgan fingerprint density at radius 3 is 2.71 bits per heavy atom. The number of nitrogens with one attached hydrogen (secondary N) is 2. The summed E-state index contributed by atoms with van der Waals surface area (Å²) in [6, 6.07) is 14.6. The number of benzene rings is 2. The molecule has 2 N–H and O–H groups in total. The van der Waals surface area contributed by atoms with Crippen molar-refractivity contribution in [2.45, 2.75) is 15.8 Å². The molecule has 160 valence electrons. The zero-order chi connectivity index (χ0) is 21.8. The van der Waals surface area contributed by atoms with Crippen LogP contribution in [0.3, 0.4) is 0 Å². The maximum atomic E-state index is 12.6. The molecule has 11 heteroatoms. The van der Waals surface area contributed by atoms with Gasteiger partial charge in [0.15, 0.2) is 4.34 Å². The van der Waals surface area contributed by atoms with Crippen LogP contribution in [-0.4, -0.2) is 25.1 Å². The average molecular weight is 494 g/mol. The summed E-state index contributed by atoms with van der Waals surface area (Å²) in [6.45, 7) is 0.337. The van der Waals surface area contributed by atoms with Crippen molar-refractivity contribution in [1.82, 2.24) is 10.3 Å². The quantitative estimate of drug-likeness (QED) is 0.343. The van der Waals surface area contributed by atoms with Gasteiger partial charge >= 0.3 is 0 Å². The number of rotatable bonds is 8. The van der Waals surface area contributed by atoms with Gasteiger partial charge in [-0.1, -0.05) is 23.4 Å². The number of hydrogen-bond acceptors (Lipinski definition) is 7. The van der Waals surface area contributed by atoms with Crippen LogP contribution in [0, 0.1) is 0 Å². The van der Waals surface area contributed by atoms with Crippen molar-refractivity contribution in [3.63, 3.8) is 0 Å². The van der Waals surface area contributed by atoms with Gasteiger partial charge in [0.05, 0.1) is 39.4 Å². The summed E-state index contributed by atoms with van der Waals surface area (Å²) < 4.78 is 34.4. The lowest BCUT2D eigenvalue weighted by molar-refractivity contribution is -0.118. The van der Waals surface area contributed by atoms with Crippen molar-refractivity contribution in [2.24, 2.45) is 0 Å². The van der Waals surface area contributed by atoms with Crippen molar-refractivity contribution in [2.75, 3.05) is 10.5 Å². The number of thiazole rings is 1. The minimum absolute atomic E-state index is 0.123. The summed E-state index contributed by atoms with van der Waals surface area (Å²) in [5.74, 6) is 0.778. The molecule has 31 heavy (non-hydrogen) atoms. The molecule has 0 fully saturated rings. The Labute approximate surface area is 191 Å². The fourth-order valence-corrected chi connectivity index (χ4v) is 5.75. The Bertz CT molecular complexity index is 1300. The average Bonchev–Trinajstić information content (AvgIpc) is 3.40. The van der Waals surface area contributed by atoms with Crippen LogP contribution in [0.25, 0.3) is 10.2 Å². The maximum Gasteiger partial charge on any atom is 0.261 e. The van der Waals surface area contributed by atoms with Gasteiger partial charge in [0.1, 0.15) is 5.76 Å². The Kier molecular flexibility index (Phi) is 6.51. The molecule has 0 bridgehead atoms. The highest BCUT2D eigenvalue weighted by molar-refractivity contribution is 8.01. The van der Waals surface area contributed by atoms with Crippen molar-refractivity contribution in [1.29, 1.82) is 0 Å². The summed E-state index contributed by atoms with van der Waals surface area (Å²) in [5.41, 5.74) is 1.16. The Balaban J connectivity index is 1.39. The first-order valence-corrected chi connectivity index (χ1v) is 12.7. The summed E-state index contributed by atoms with van der Waals surface area (Å²) >= 11 is 8.54. The first kappa shape index (κ1) is 21.7. The minimum atomic E-state index is -3.73. The second kappa shape index (κ2) is 9.31. The molecule has 0 unspecified atom stereocenters. The lowest BCUT2D eigenvalue weighted by atomic mass is 10.3. The number of amides is 1. The topological polar surface area (TPSA) is 101 Å². The van der Waals surface area contributed by atoms with Crippen LogP contribution in [0.4, 0.5) is 5.69 Å². The van der Waals surface area contributed by atoms with E-state index in [2.05, 4.69) is 15.0 Å². The van der Waals surface area contributed by atoms with E-state index in [1.807, 2.05) is 0 Å².